The van der Waals surface area contributed by atoms with Gasteiger partial charge in [0.1, 0.15) is 5.66 Å². The molecule has 2 aromatic rings. The van der Waals surface area contributed by atoms with Gasteiger partial charge in [0.15, 0.2) is 0 Å². The molecule has 1 N–H and O–H groups in total. The number of rotatable bonds is 2. The molecule has 0 saturated carbocycles. The molecule has 1 fully saturated rings. The van der Waals surface area contributed by atoms with Gasteiger partial charge in [0.2, 0.25) is 0 Å². The highest BCUT2D eigenvalue weighted by Crippen LogP contribution is 2.36. The first-order valence-electron chi connectivity index (χ1n) is 8.60. The van der Waals surface area contributed by atoms with Crippen LogP contribution in [0.5, 0.6) is 0 Å². The fourth-order valence-electron chi connectivity index (χ4n) is 3.87. The van der Waals surface area contributed by atoms with E-state index < -0.39 is 0 Å². The molecule has 4 rings (SSSR count). The van der Waals surface area contributed by atoms with Crippen LogP contribution < -0.4 is 5.32 Å². The Hall–Kier alpha value is -2.04. The Morgan fingerprint density at radius 1 is 1.00 bits per heavy atom. The van der Waals surface area contributed by atoms with E-state index in [1.54, 1.807) is 0 Å². The van der Waals surface area contributed by atoms with Crippen molar-refractivity contribution in [1.82, 2.24) is 9.80 Å². The Balaban J connectivity index is 0.00000182. The molecule has 0 bridgehead atoms. The van der Waals surface area contributed by atoms with Crippen LogP contribution in [-0.4, -0.2) is 41.5 Å². The Morgan fingerprint density at radius 3 is 2.36 bits per heavy atom. The highest BCUT2D eigenvalue weighted by Gasteiger charge is 2.44. The van der Waals surface area contributed by atoms with Crippen LogP contribution in [0.1, 0.15) is 28.8 Å². The van der Waals surface area contributed by atoms with Gasteiger partial charge in [0.25, 0.3) is 5.91 Å². The predicted molar refractivity (Wildman–Crippen MR) is 103 cm³/mol. The van der Waals surface area contributed by atoms with E-state index in [0.29, 0.717) is 0 Å². The van der Waals surface area contributed by atoms with E-state index >= 15 is 0 Å². The first-order chi connectivity index (χ1) is 11.7. The summed E-state index contributed by atoms with van der Waals surface area (Å²) in [7, 11) is 1.93. The van der Waals surface area contributed by atoms with E-state index in [-0.39, 0.29) is 24.0 Å². The summed E-state index contributed by atoms with van der Waals surface area (Å²) in [5.41, 5.74) is 2.84. The van der Waals surface area contributed by atoms with Crippen molar-refractivity contribution < 1.29 is 4.79 Å². The molecule has 25 heavy (non-hydrogen) atoms. The number of carbonyl (C=O) groups excluding carboxylic acids is 1. The topological polar surface area (TPSA) is 35.6 Å². The number of carbonyl (C=O) groups is 1. The van der Waals surface area contributed by atoms with Crippen LogP contribution in [0.2, 0.25) is 0 Å². The summed E-state index contributed by atoms with van der Waals surface area (Å²) >= 11 is 0. The lowest BCUT2D eigenvalue weighted by atomic mass is 9.90. The van der Waals surface area contributed by atoms with E-state index in [2.05, 4.69) is 40.5 Å². The van der Waals surface area contributed by atoms with Gasteiger partial charge in [-0.1, -0.05) is 42.5 Å². The summed E-state index contributed by atoms with van der Waals surface area (Å²) in [4.78, 5) is 17.1. The number of likely N-dealkylation sites (tertiary alicyclic amines) is 1. The van der Waals surface area contributed by atoms with Crippen molar-refractivity contribution in [3.05, 3.63) is 65.7 Å². The molecule has 2 aromatic carbocycles. The molecular weight excluding hydrogens is 334 g/mol. The van der Waals surface area contributed by atoms with Crippen LogP contribution in [0.3, 0.4) is 0 Å². The zero-order valence-electron chi connectivity index (χ0n) is 14.4. The Bertz CT molecular complexity index is 742. The van der Waals surface area contributed by atoms with Crippen molar-refractivity contribution in [2.24, 2.45) is 0 Å². The Kier molecular flexibility index (Phi) is 5.02. The van der Waals surface area contributed by atoms with Crippen LogP contribution in [0.25, 0.3) is 0 Å². The molecule has 1 saturated heterocycles. The minimum atomic E-state index is -0.251. The molecule has 2 aliphatic heterocycles. The Labute approximate surface area is 155 Å². The van der Waals surface area contributed by atoms with Gasteiger partial charge in [-0.05, 0) is 17.7 Å². The number of benzene rings is 2. The summed E-state index contributed by atoms with van der Waals surface area (Å²) in [6.07, 6.45) is 1.88. The lowest BCUT2D eigenvalue weighted by molar-refractivity contribution is 0.0363. The van der Waals surface area contributed by atoms with Crippen molar-refractivity contribution in [2.45, 2.75) is 25.0 Å². The van der Waals surface area contributed by atoms with Gasteiger partial charge in [0.05, 0.1) is 5.56 Å². The number of amides is 1. The van der Waals surface area contributed by atoms with Crippen LogP contribution in [0.15, 0.2) is 54.6 Å². The molecule has 2 aliphatic rings. The fraction of sp³-hybridized carbons (Fsp3) is 0.350. The lowest BCUT2D eigenvalue weighted by Crippen LogP contribution is -2.62. The zero-order valence-corrected chi connectivity index (χ0v) is 15.3. The summed E-state index contributed by atoms with van der Waals surface area (Å²) in [5, 5.41) is 3.66. The third kappa shape index (κ3) is 3.24. The fourth-order valence-corrected chi connectivity index (χ4v) is 3.87. The standard InChI is InChI=1S/C20H23N3O.ClH/c1-22-19(24)17-9-5-6-10-18(17)21-20(22)11-13-23(14-12-20)15-16-7-3-2-4-8-16;/h2-10,21H,11-15H2,1H3;1H. The van der Waals surface area contributed by atoms with Crippen molar-refractivity contribution in [3.8, 4) is 0 Å². The molecule has 0 atom stereocenters. The maximum absolute atomic E-state index is 12.7. The molecule has 1 spiro atoms. The average Bonchev–Trinajstić information content (AvgIpc) is 2.63. The lowest BCUT2D eigenvalue weighted by Gasteiger charge is -2.51. The third-order valence-corrected chi connectivity index (χ3v) is 5.40. The van der Waals surface area contributed by atoms with Crippen molar-refractivity contribution >= 4 is 24.0 Å². The number of para-hydroxylation sites is 1. The second-order valence-electron chi connectivity index (χ2n) is 6.83. The van der Waals surface area contributed by atoms with Crippen LogP contribution in [0.4, 0.5) is 5.69 Å². The smallest absolute Gasteiger partial charge is 0.257 e. The van der Waals surface area contributed by atoms with E-state index in [9.17, 15) is 4.79 Å². The number of nitrogens with zero attached hydrogens (tertiary/aromatic N) is 2. The zero-order chi connectivity index (χ0) is 16.6. The maximum Gasteiger partial charge on any atom is 0.257 e. The summed E-state index contributed by atoms with van der Waals surface area (Å²) < 4.78 is 0. The number of fused-ring (bicyclic) bond motifs is 1. The molecule has 0 aromatic heterocycles. The normalized spacial score (nSPS) is 19.1. The third-order valence-electron chi connectivity index (χ3n) is 5.40. The van der Waals surface area contributed by atoms with Crippen molar-refractivity contribution in [3.63, 3.8) is 0 Å². The molecule has 0 unspecified atom stereocenters. The highest BCUT2D eigenvalue weighted by atomic mass is 35.5. The molecule has 0 radical (unpaired) electrons. The minimum absolute atomic E-state index is 0. The molecule has 2 heterocycles. The van der Waals surface area contributed by atoms with E-state index in [4.69, 9.17) is 0 Å². The van der Waals surface area contributed by atoms with E-state index in [1.807, 2.05) is 36.2 Å². The van der Waals surface area contributed by atoms with Crippen LogP contribution in [0, 0.1) is 0 Å². The number of halogens is 1. The van der Waals surface area contributed by atoms with Gasteiger partial charge in [-0.3, -0.25) is 9.69 Å². The van der Waals surface area contributed by atoms with E-state index in [0.717, 1.165) is 43.7 Å². The predicted octanol–water partition coefficient (Wildman–Crippen LogP) is 3.60. The minimum Gasteiger partial charge on any atom is -0.362 e. The van der Waals surface area contributed by atoms with Gasteiger partial charge in [-0.2, -0.15) is 0 Å². The number of piperidine rings is 1. The summed E-state index contributed by atoms with van der Waals surface area (Å²) in [6, 6.07) is 18.4. The average molecular weight is 358 g/mol. The monoisotopic (exact) mass is 357 g/mol. The van der Waals surface area contributed by atoms with Gasteiger partial charge >= 0.3 is 0 Å². The quantitative estimate of drug-likeness (QED) is 0.892. The molecule has 132 valence electrons. The molecule has 0 aliphatic carbocycles. The van der Waals surface area contributed by atoms with Crippen molar-refractivity contribution in [1.29, 1.82) is 0 Å². The van der Waals surface area contributed by atoms with Gasteiger partial charge < -0.3 is 10.2 Å². The van der Waals surface area contributed by atoms with Gasteiger partial charge in [-0.15, -0.1) is 12.4 Å². The molecule has 4 nitrogen and oxygen atoms in total. The molecular formula is C20H24ClN3O. The number of anilines is 1. The molecule has 1 amide bonds. The first-order valence-corrected chi connectivity index (χ1v) is 8.60. The summed E-state index contributed by atoms with van der Waals surface area (Å²) in [5.74, 6) is 0.126. The number of hydrogen-bond acceptors (Lipinski definition) is 3. The highest BCUT2D eigenvalue weighted by molar-refractivity contribution is 6.02. The second kappa shape index (κ2) is 7.06. The van der Waals surface area contributed by atoms with Gasteiger partial charge in [-0.25, -0.2) is 0 Å². The largest absolute Gasteiger partial charge is 0.362 e. The van der Waals surface area contributed by atoms with Crippen LogP contribution in [-0.2, 0) is 6.54 Å². The first kappa shape index (κ1) is 17.8. The van der Waals surface area contributed by atoms with Crippen molar-refractivity contribution in [2.75, 3.05) is 25.5 Å². The number of nitrogens with one attached hydrogen (secondary N) is 1. The van der Waals surface area contributed by atoms with E-state index in [1.165, 1.54) is 5.56 Å². The van der Waals surface area contributed by atoms with Crippen LogP contribution >= 0.6 is 12.4 Å². The molecule has 5 heteroatoms. The Morgan fingerprint density at radius 2 is 1.64 bits per heavy atom. The SMILES string of the molecule is CN1C(=O)c2ccccc2NC12CCN(Cc1ccccc1)CC2.Cl. The maximum atomic E-state index is 12.7. The summed E-state index contributed by atoms with van der Waals surface area (Å²) in [6.45, 7) is 2.95. The second-order valence-corrected chi connectivity index (χ2v) is 6.83. The number of hydrogen-bond donors (Lipinski definition) is 1. The van der Waals surface area contributed by atoms with Gasteiger partial charge in [0, 0.05) is 45.2 Å².